The van der Waals surface area contributed by atoms with Crippen LogP contribution in [0.4, 0.5) is 5.69 Å². The lowest BCUT2D eigenvalue weighted by Gasteiger charge is -2.23. The van der Waals surface area contributed by atoms with E-state index in [4.69, 9.17) is 16.3 Å². The molecule has 1 aromatic carbocycles. The first-order valence-electron chi connectivity index (χ1n) is 5.94. The van der Waals surface area contributed by atoms with Gasteiger partial charge in [0.05, 0.1) is 16.1 Å². The van der Waals surface area contributed by atoms with Gasteiger partial charge >= 0.3 is 0 Å². The summed E-state index contributed by atoms with van der Waals surface area (Å²) in [6.07, 6.45) is 4.01. The summed E-state index contributed by atoms with van der Waals surface area (Å²) in [4.78, 5) is 12.3. The number of anilines is 1. The van der Waals surface area contributed by atoms with Crippen molar-refractivity contribution < 1.29 is 9.53 Å². The fourth-order valence-electron chi connectivity index (χ4n) is 2.71. The summed E-state index contributed by atoms with van der Waals surface area (Å²) in [5, 5.41) is 3.50. The highest BCUT2D eigenvalue weighted by Gasteiger charge is 2.44. The molecule has 0 bridgehead atoms. The van der Waals surface area contributed by atoms with Crippen molar-refractivity contribution in [3.63, 3.8) is 0 Å². The Hall–Kier alpha value is -1.22. The van der Waals surface area contributed by atoms with Crippen LogP contribution in [0.5, 0.6) is 5.75 Å². The monoisotopic (exact) mass is 251 g/mol. The van der Waals surface area contributed by atoms with Crippen LogP contribution in [0.15, 0.2) is 18.2 Å². The van der Waals surface area contributed by atoms with E-state index in [-0.39, 0.29) is 11.3 Å². The average molecular weight is 252 g/mol. The maximum absolute atomic E-state index is 12.3. The molecular formula is C13H14ClNO2. The molecule has 1 heterocycles. The number of ether oxygens (including phenoxy) is 1. The fourth-order valence-corrected chi connectivity index (χ4v) is 2.94. The van der Waals surface area contributed by atoms with Gasteiger partial charge in [-0.2, -0.15) is 0 Å². The Labute approximate surface area is 105 Å². The molecule has 17 heavy (non-hydrogen) atoms. The Balaban J connectivity index is 1.99. The van der Waals surface area contributed by atoms with E-state index in [1.54, 1.807) is 6.07 Å². The van der Waals surface area contributed by atoms with Crippen LogP contribution < -0.4 is 10.1 Å². The van der Waals surface area contributed by atoms with Crippen molar-refractivity contribution in [3.05, 3.63) is 23.2 Å². The minimum atomic E-state index is -0.345. The summed E-state index contributed by atoms with van der Waals surface area (Å²) >= 11 is 6.08. The normalized spacial score (nSPS) is 21.6. The van der Waals surface area contributed by atoms with Gasteiger partial charge < -0.3 is 10.1 Å². The van der Waals surface area contributed by atoms with Crippen molar-refractivity contribution in [2.24, 2.45) is 5.41 Å². The topological polar surface area (TPSA) is 38.3 Å². The predicted octanol–water partition coefficient (Wildman–Crippen LogP) is 3.23. The van der Waals surface area contributed by atoms with E-state index in [9.17, 15) is 4.79 Å². The van der Waals surface area contributed by atoms with Crippen molar-refractivity contribution in [2.45, 2.75) is 25.7 Å². The van der Waals surface area contributed by atoms with Crippen LogP contribution in [0.3, 0.4) is 0 Å². The molecule has 0 radical (unpaired) electrons. The highest BCUT2D eigenvalue weighted by atomic mass is 35.5. The molecule has 0 unspecified atom stereocenters. The zero-order chi connectivity index (χ0) is 11.9. The minimum Gasteiger partial charge on any atom is -0.489 e. The van der Waals surface area contributed by atoms with E-state index in [0.717, 1.165) is 25.7 Å². The average Bonchev–Trinajstić information content (AvgIpc) is 2.72. The molecule has 90 valence electrons. The summed E-state index contributed by atoms with van der Waals surface area (Å²) in [7, 11) is 0. The molecule has 3 nitrogen and oxygen atoms in total. The number of halogens is 1. The van der Waals surface area contributed by atoms with Gasteiger partial charge in [-0.3, -0.25) is 4.79 Å². The van der Waals surface area contributed by atoms with Crippen molar-refractivity contribution >= 4 is 23.2 Å². The molecule has 1 aliphatic heterocycles. The molecule has 3 rings (SSSR count). The largest absolute Gasteiger partial charge is 0.489 e. The number of carbonyl (C=O) groups is 1. The van der Waals surface area contributed by atoms with Crippen molar-refractivity contribution in [2.75, 3.05) is 11.9 Å². The van der Waals surface area contributed by atoms with Gasteiger partial charge in [0.15, 0.2) is 5.75 Å². The van der Waals surface area contributed by atoms with E-state index < -0.39 is 0 Å². The van der Waals surface area contributed by atoms with E-state index in [2.05, 4.69) is 5.32 Å². The van der Waals surface area contributed by atoms with Crippen LogP contribution in [0.25, 0.3) is 0 Å². The SMILES string of the molecule is O=C1Nc2cccc(Cl)c2OCC12CCCC2. The highest BCUT2D eigenvalue weighted by molar-refractivity contribution is 6.32. The molecule has 1 amide bonds. The molecular weight excluding hydrogens is 238 g/mol. The van der Waals surface area contributed by atoms with Gasteiger partial charge in [-0.1, -0.05) is 30.5 Å². The maximum atomic E-state index is 12.3. The smallest absolute Gasteiger partial charge is 0.234 e. The molecule has 1 spiro atoms. The Morgan fingerprint density at radius 1 is 1.29 bits per heavy atom. The van der Waals surface area contributed by atoms with Crippen LogP contribution >= 0.6 is 11.6 Å². The summed E-state index contributed by atoms with van der Waals surface area (Å²) in [6, 6.07) is 5.42. The second-order valence-corrected chi connectivity index (χ2v) is 5.25. The van der Waals surface area contributed by atoms with Crippen LogP contribution in [0.1, 0.15) is 25.7 Å². The van der Waals surface area contributed by atoms with Crippen LogP contribution in [-0.4, -0.2) is 12.5 Å². The quantitative estimate of drug-likeness (QED) is 0.769. The highest BCUT2D eigenvalue weighted by Crippen LogP contribution is 2.44. The number of nitrogens with one attached hydrogen (secondary N) is 1. The molecule has 1 saturated carbocycles. The minimum absolute atomic E-state index is 0.0796. The van der Waals surface area contributed by atoms with E-state index in [0.29, 0.717) is 23.1 Å². The summed E-state index contributed by atoms with van der Waals surface area (Å²) in [6.45, 7) is 0.440. The van der Waals surface area contributed by atoms with Crippen molar-refractivity contribution in [1.29, 1.82) is 0 Å². The number of amides is 1. The molecule has 0 atom stereocenters. The maximum Gasteiger partial charge on any atom is 0.234 e. The standard InChI is InChI=1S/C13H14ClNO2/c14-9-4-3-5-10-11(9)17-8-13(12(16)15-10)6-1-2-7-13/h3-5H,1-2,6-8H2,(H,15,16). The molecule has 2 aliphatic rings. The van der Waals surface area contributed by atoms with Crippen molar-refractivity contribution in [1.82, 2.24) is 0 Å². The molecule has 0 saturated heterocycles. The first-order chi connectivity index (χ1) is 8.21. The first kappa shape index (κ1) is 10.9. The Kier molecular flexibility index (Phi) is 2.51. The molecule has 1 N–H and O–H groups in total. The first-order valence-corrected chi connectivity index (χ1v) is 6.32. The summed E-state index contributed by atoms with van der Waals surface area (Å²) in [5.74, 6) is 0.683. The van der Waals surface area contributed by atoms with Gasteiger partial charge in [0.2, 0.25) is 5.91 Å². The van der Waals surface area contributed by atoms with Gasteiger partial charge in [0.25, 0.3) is 0 Å². The Morgan fingerprint density at radius 3 is 2.82 bits per heavy atom. The number of rotatable bonds is 0. The Morgan fingerprint density at radius 2 is 2.06 bits per heavy atom. The second-order valence-electron chi connectivity index (χ2n) is 4.85. The second kappa shape index (κ2) is 3.91. The zero-order valence-corrected chi connectivity index (χ0v) is 10.2. The predicted molar refractivity (Wildman–Crippen MR) is 66.5 cm³/mol. The summed E-state index contributed by atoms with van der Waals surface area (Å²) < 4.78 is 5.77. The van der Waals surface area contributed by atoms with Gasteiger partial charge in [0.1, 0.15) is 6.61 Å². The van der Waals surface area contributed by atoms with Crippen molar-refractivity contribution in [3.8, 4) is 5.75 Å². The van der Waals surface area contributed by atoms with Gasteiger partial charge in [-0.25, -0.2) is 0 Å². The van der Waals surface area contributed by atoms with Crippen LogP contribution in [-0.2, 0) is 4.79 Å². The number of carbonyl (C=O) groups excluding carboxylic acids is 1. The van der Waals surface area contributed by atoms with Gasteiger partial charge in [-0.05, 0) is 25.0 Å². The van der Waals surface area contributed by atoms with E-state index in [1.165, 1.54) is 0 Å². The number of para-hydroxylation sites is 1. The Bertz CT molecular complexity index is 466. The number of fused-ring (bicyclic) bond motifs is 1. The van der Waals surface area contributed by atoms with E-state index in [1.807, 2.05) is 12.1 Å². The molecule has 1 fully saturated rings. The lowest BCUT2D eigenvalue weighted by atomic mass is 9.86. The summed E-state index contributed by atoms with van der Waals surface area (Å²) in [5.41, 5.74) is 0.341. The van der Waals surface area contributed by atoms with Crippen LogP contribution in [0.2, 0.25) is 5.02 Å². The lowest BCUT2D eigenvalue weighted by molar-refractivity contribution is -0.126. The lowest BCUT2D eigenvalue weighted by Crippen LogP contribution is -2.37. The number of hydrogen-bond donors (Lipinski definition) is 1. The number of benzene rings is 1. The van der Waals surface area contributed by atoms with Crippen LogP contribution in [0, 0.1) is 5.41 Å². The number of hydrogen-bond acceptors (Lipinski definition) is 2. The third-order valence-corrected chi connectivity index (χ3v) is 4.05. The van der Waals surface area contributed by atoms with Gasteiger partial charge in [-0.15, -0.1) is 0 Å². The van der Waals surface area contributed by atoms with E-state index >= 15 is 0 Å². The third-order valence-electron chi connectivity index (χ3n) is 3.75. The molecule has 1 aliphatic carbocycles. The fraction of sp³-hybridized carbons (Fsp3) is 0.462. The molecule has 1 aromatic rings. The molecule has 4 heteroatoms. The molecule has 0 aromatic heterocycles. The zero-order valence-electron chi connectivity index (χ0n) is 9.46. The van der Waals surface area contributed by atoms with Gasteiger partial charge in [0, 0.05) is 0 Å². The third kappa shape index (κ3) is 1.69.